The highest BCUT2D eigenvalue weighted by Gasteiger charge is 2.22. The second kappa shape index (κ2) is 6.96. The van der Waals surface area contributed by atoms with Crippen LogP contribution in [0.4, 0.5) is 0 Å². The molecule has 0 saturated carbocycles. The average molecular weight is 302 g/mol. The lowest BCUT2D eigenvalue weighted by Gasteiger charge is -2.20. The van der Waals surface area contributed by atoms with Crippen molar-refractivity contribution >= 4 is 10.8 Å². The van der Waals surface area contributed by atoms with E-state index in [0.717, 1.165) is 16.2 Å². The maximum Gasteiger partial charge on any atom is 0.0586 e. The molecule has 0 unspecified atom stereocenters. The van der Waals surface area contributed by atoms with Crippen LogP contribution in [0.5, 0.6) is 0 Å². The summed E-state index contributed by atoms with van der Waals surface area (Å²) in [6.07, 6.45) is 1.79. The zero-order valence-corrected chi connectivity index (χ0v) is 13.6. The van der Waals surface area contributed by atoms with Gasteiger partial charge in [0.1, 0.15) is 0 Å². The maximum absolute atomic E-state index is 12.6. The van der Waals surface area contributed by atoms with Crippen LogP contribution in [0.25, 0.3) is 0 Å². The van der Waals surface area contributed by atoms with Gasteiger partial charge in [-0.3, -0.25) is 9.19 Å². The fourth-order valence-corrected chi connectivity index (χ4v) is 3.23. The quantitative estimate of drug-likeness (QED) is 0.921. The summed E-state index contributed by atoms with van der Waals surface area (Å²) in [5.41, 5.74) is 2.09. The van der Waals surface area contributed by atoms with Crippen molar-refractivity contribution in [3.8, 4) is 0 Å². The van der Waals surface area contributed by atoms with E-state index in [-0.39, 0.29) is 4.75 Å². The van der Waals surface area contributed by atoms with Crippen molar-refractivity contribution in [2.24, 2.45) is 0 Å². The fourth-order valence-electron chi connectivity index (χ4n) is 1.99. The summed E-state index contributed by atoms with van der Waals surface area (Å²) in [7, 11) is -1.02. The van der Waals surface area contributed by atoms with Crippen molar-refractivity contribution in [3.05, 3.63) is 59.9 Å². The van der Waals surface area contributed by atoms with E-state index >= 15 is 0 Å². The minimum atomic E-state index is -1.02. The Morgan fingerprint density at radius 3 is 2.43 bits per heavy atom. The van der Waals surface area contributed by atoms with Gasteiger partial charge in [-0.15, -0.1) is 0 Å². The molecule has 0 aliphatic rings. The highest BCUT2D eigenvalue weighted by atomic mass is 32.2. The summed E-state index contributed by atoms with van der Waals surface area (Å²) in [6.45, 7) is 7.40. The van der Waals surface area contributed by atoms with Gasteiger partial charge < -0.3 is 5.32 Å². The standard InChI is InChI=1S/C17H22N2OS/c1-17(2,3)21(20)16-10-5-4-8-14(16)12-18-13-15-9-6-7-11-19-15/h4-11,18H,12-13H2,1-3H3/t21-/m1/s1. The van der Waals surface area contributed by atoms with Crippen LogP contribution in [-0.2, 0) is 23.9 Å². The van der Waals surface area contributed by atoms with Gasteiger partial charge in [0, 0.05) is 28.9 Å². The Hall–Kier alpha value is -1.52. The Kier molecular flexibility index (Phi) is 5.26. The molecule has 112 valence electrons. The maximum atomic E-state index is 12.6. The van der Waals surface area contributed by atoms with Gasteiger partial charge in [0.05, 0.1) is 16.5 Å². The minimum Gasteiger partial charge on any atom is -0.307 e. The van der Waals surface area contributed by atoms with Crippen molar-refractivity contribution in [1.29, 1.82) is 0 Å². The number of aromatic nitrogens is 1. The molecule has 0 aliphatic carbocycles. The Labute approximate surface area is 129 Å². The molecule has 0 radical (unpaired) electrons. The molecular formula is C17H22N2OS. The first-order chi connectivity index (χ1) is 9.98. The number of hydrogen-bond acceptors (Lipinski definition) is 3. The van der Waals surface area contributed by atoms with Crippen LogP contribution in [-0.4, -0.2) is 13.9 Å². The summed E-state index contributed by atoms with van der Waals surface area (Å²) < 4.78 is 12.3. The van der Waals surface area contributed by atoms with Crippen LogP contribution < -0.4 is 5.32 Å². The van der Waals surface area contributed by atoms with E-state index in [9.17, 15) is 4.21 Å². The number of pyridine rings is 1. The summed E-state index contributed by atoms with van der Waals surface area (Å²) in [6, 6.07) is 13.8. The molecule has 2 aromatic rings. The molecule has 0 fully saturated rings. The molecule has 1 heterocycles. The third-order valence-electron chi connectivity index (χ3n) is 3.08. The zero-order chi connectivity index (χ0) is 15.3. The van der Waals surface area contributed by atoms with Crippen LogP contribution in [0.1, 0.15) is 32.0 Å². The van der Waals surface area contributed by atoms with Gasteiger partial charge in [0.2, 0.25) is 0 Å². The normalized spacial score (nSPS) is 13.1. The Morgan fingerprint density at radius 1 is 1.05 bits per heavy atom. The van der Waals surface area contributed by atoms with E-state index < -0.39 is 10.8 Å². The molecule has 0 amide bonds. The van der Waals surface area contributed by atoms with E-state index in [4.69, 9.17) is 0 Å². The molecule has 2 rings (SSSR count). The van der Waals surface area contributed by atoms with Gasteiger partial charge in [-0.25, -0.2) is 0 Å². The van der Waals surface area contributed by atoms with Crippen LogP contribution >= 0.6 is 0 Å². The molecule has 1 N–H and O–H groups in total. The molecule has 1 atom stereocenters. The zero-order valence-electron chi connectivity index (χ0n) is 12.8. The molecule has 1 aromatic heterocycles. The summed E-state index contributed by atoms with van der Waals surface area (Å²) in [4.78, 5) is 5.20. The third-order valence-corrected chi connectivity index (χ3v) is 4.99. The summed E-state index contributed by atoms with van der Waals surface area (Å²) >= 11 is 0. The molecule has 0 saturated heterocycles. The van der Waals surface area contributed by atoms with Crippen LogP contribution in [0.3, 0.4) is 0 Å². The molecule has 0 spiro atoms. The van der Waals surface area contributed by atoms with Gasteiger partial charge in [0.15, 0.2) is 0 Å². The van der Waals surface area contributed by atoms with Gasteiger partial charge in [-0.05, 0) is 44.5 Å². The van der Waals surface area contributed by atoms with E-state index in [0.29, 0.717) is 13.1 Å². The molecule has 4 heteroatoms. The topological polar surface area (TPSA) is 42.0 Å². The SMILES string of the molecule is CC(C)(C)[S@](=O)c1ccccc1CNCc1ccccn1. The monoisotopic (exact) mass is 302 g/mol. The predicted octanol–water partition coefficient (Wildman–Crippen LogP) is 3.28. The number of hydrogen-bond donors (Lipinski definition) is 1. The minimum absolute atomic E-state index is 0.253. The summed E-state index contributed by atoms with van der Waals surface area (Å²) in [5, 5.41) is 3.37. The second-order valence-corrected chi connectivity index (χ2v) is 8.12. The first kappa shape index (κ1) is 15.9. The van der Waals surface area contributed by atoms with Gasteiger partial charge in [-0.2, -0.15) is 0 Å². The van der Waals surface area contributed by atoms with Crippen molar-refractivity contribution < 1.29 is 4.21 Å². The first-order valence-corrected chi connectivity index (χ1v) is 8.24. The van der Waals surface area contributed by atoms with Crippen molar-refractivity contribution in [2.75, 3.05) is 0 Å². The highest BCUT2D eigenvalue weighted by Crippen LogP contribution is 2.23. The van der Waals surface area contributed by atoms with Crippen molar-refractivity contribution in [1.82, 2.24) is 10.3 Å². The average Bonchev–Trinajstić information content (AvgIpc) is 2.47. The first-order valence-electron chi connectivity index (χ1n) is 7.09. The van der Waals surface area contributed by atoms with Crippen LogP contribution in [0, 0.1) is 0 Å². The molecule has 0 bridgehead atoms. The highest BCUT2D eigenvalue weighted by molar-refractivity contribution is 7.86. The van der Waals surface area contributed by atoms with Crippen LogP contribution in [0.15, 0.2) is 53.6 Å². The van der Waals surface area contributed by atoms with Gasteiger partial charge in [0.25, 0.3) is 0 Å². The van der Waals surface area contributed by atoms with E-state index in [1.165, 1.54) is 0 Å². The molecule has 1 aromatic carbocycles. The predicted molar refractivity (Wildman–Crippen MR) is 87.4 cm³/mol. The second-order valence-electron chi connectivity index (χ2n) is 5.91. The number of benzene rings is 1. The lowest BCUT2D eigenvalue weighted by atomic mass is 10.2. The van der Waals surface area contributed by atoms with Gasteiger partial charge in [-0.1, -0.05) is 24.3 Å². The Bertz CT molecular complexity index is 606. The number of rotatable bonds is 5. The fraction of sp³-hybridized carbons (Fsp3) is 0.353. The van der Waals surface area contributed by atoms with E-state index in [2.05, 4.69) is 10.3 Å². The Balaban J connectivity index is 2.05. The molecule has 3 nitrogen and oxygen atoms in total. The van der Waals surface area contributed by atoms with E-state index in [1.807, 2.05) is 63.2 Å². The molecular weight excluding hydrogens is 280 g/mol. The molecule has 0 aliphatic heterocycles. The smallest absolute Gasteiger partial charge is 0.0586 e. The van der Waals surface area contributed by atoms with Crippen molar-refractivity contribution in [2.45, 2.75) is 43.5 Å². The van der Waals surface area contributed by atoms with Gasteiger partial charge >= 0.3 is 0 Å². The Morgan fingerprint density at radius 2 is 1.76 bits per heavy atom. The molecule has 21 heavy (non-hydrogen) atoms. The lowest BCUT2D eigenvalue weighted by molar-refractivity contribution is 0.641. The number of nitrogens with one attached hydrogen (secondary N) is 1. The summed E-state index contributed by atoms with van der Waals surface area (Å²) in [5.74, 6) is 0. The van der Waals surface area contributed by atoms with Crippen molar-refractivity contribution in [3.63, 3.8) is 0 Å². The number of nitrogens with zero attached hydrogens (tertiary/aromatic N) is 1. The van der Waals surface area contributed by atoms with E-state index in [1.54, 1.807) is 6.20 Å². The lowest BCUT2D eigenvalue weighted by Crippen LogP contribution is -2.24. The largest absolute Gasteiger partial charge is 0.307 e. The third kappa shape index (κ3) is 4.48. The van der Waals surface area contributed by atoms with Crippen LogP contribution in [0.2, 0.25) is 0 Å².